The van der Waals surface area contributed by atoms with Crippen molar-refractivity contribution in [2.45, 2.75) is 51.4 Å². The van der Waals surface area contributed by atoms with Gasteiger partial charge in [-0.25, -0.2) is 0 Å². The van der Waals surface area contributed by atoms with Crippen molar-refractivity contribution in [1.82, 2.24) is 0 Å². The number of aliphatic hydroxyl groups is 2. The van der Waals surface area contributed by atoms with Gasteiger partial charge in [0.25, 0.3) is 0 Å². The molecule has 0 radical (unpaired) electrons. The van der Waals surface area contributed by atoms with E-state index in [9.17, 15) is 0 Å². The maximum absolute atomic E-state index is 8.69. The fourth-order valence-electron chi connectivity index (χ4n) is 2.15. The summed E-state index contributed by atoms with van der Waals surface area (Å²) in [7, 11) is 0. The molecule has 4 heteroatoms. The molecule has 4 nitrogen and oxygen atoms in total. The zero-order valence-corrected chi connectivity index (χ0v) is 13.5. The predicted octanol–water partition coefficient (Wildman–Crippen LogP) is 3.55. The van der Waals surface area contributed by atoms with Gasteiger partial charge < -0.3 is 19.7 Å². The minimum absolute atomic E-state index is 0.282. The highest BCUT2D eigenvalue weighted by atomic mass is 16.5. The van der Waals surface area contributed by atoms with Crippen LogP contribution in [0.2, 0.25) is 0 Å². The van der Waals surface area contributed by atoms with E-state index in [1.807, 2.05) is 24.3 Å². The van der Waals surface area contributed by atoms with Crippen molar-refractivity contribution in [3.05, 3.63) is 24.3 Å². The van der Waals surface area contributed by atoms with Crippen molar-refractivity contribution in [1.29, 1.82) is 0 Å². The van der Waals surface area contributed by atoms with Gasteiger partial charge >= 0.3 is 0 Å². The molecule has 0 aromatic heterocycles. The van der Waals surface area contributed by atoms with Gasteiger partial charge in [-0.05, 0) is 62.8 Å². The summed E-state index contributed by atoms with van der Waals surface area (Å²) in [6, 6.07) is 7.76. The Morgan fingerprint density at radius 2 is 0.909 bits per heavy atom. The minimum atomic E-state index is 0.282. The molecule has 1 aromatic carbocycles. The number of hydrogen-bond acceptors (Lipinski definition) is 4. The summed E-state index contributed by atoms with van der Waals surface area (Å²) in [5.74, 6) is 1.75. The maximum atomic E-state index is 8.69. The molecule has 0 saturated heterocycles. The predicted molar refractivity (Wildman–Crippen MR) is 88.5 cm³/mol. The zero-order chi connectivity index (χ0) is 15.9. The van der Waals surface area contributed by atoms with Crippen LogP contribution in [0.25, 0.3) is 0 Å². The van der Waals surface area contributed by atoms with Crippen LogP contribution in [0.3, 0.4) is 0 Å². The van der Waals surface area contributed by atoms with E-state index in [2.05, 4.69) is 0 Å². The Hall–Kier alpha value is -1.26. The molecule has 0 aliphatic carbocycles. The highest BCUT2D eigenvalue weighted by Crippen LogP contribution is 2.18. The molecular formula is C18H30O4. The van der Waals surface area contributed by atoms with Crippen molar-refractivity contribution in [2.24, 2.45) is 0 Å². The number of hydrogen-bond donors (Lipinski definition) is 2. The molecule has 0 heterocycles. The normalized spacial score (nSPS) is 10.6. The molecule has 0 aliphatic heterocycles. The number of ether oxygens (including phenoxy) is 2. The Labute approximate surface area is 134 Å². The molecule has 1 aromatic rings. The molecule has 2 N–H and O–H groups in total. The zero-order valence-electron chi connectivity index (χ0n) is 13.5. The molecule has 0 amide bonds. The van der Waals surface area contributed by atoms with Crippen molar-refractivity contribution in [2.75, 3.05) is 26.4 Å². The lowest BCUT2D eigenvalue weighted by Crippen LogP contribution is -1.99. The second kappa shape index (κ2) is 13.4. The first kappa shape index (κ1) is 18.8. The van der Waals surface area contributed by atoms with E-state index >= 15 is 0 Å². The second-order valence-electron chi connectivity index (χ2n) is 5.44. The summed E-state index contributed by atoms with van der Waals surface area (Å²) in [5.41, 5.74) is 0. The van der Waals surface area contributed by atoms with Crippen LogP contribution >= 0.6 is 0 Å². The number of rotatable bonds is 14. The van der Waals surface area contributed by atoms with E-state index in [1.165, 1.54) is 0 Å². The van der Waals surface area contributed by atoms with Gasteiger partial charge in [0, 0.05) is 13.2 Å². The van der Waals surface area contributed by atoms with Gasteiger partial charge in [-0.2, -0.15) is 0 Å². The fraction of sp³-hybridized carbons (Fsp3) is 0.667. The number of benzene rings is 1. The van der Waals surface area contributed by atoms with E-state index in [1.54, 1.807) is 0 Å². The Morgan fingerprint density at radius 1 is 0.545 bits per heavy atom. The largest absolute Gasteiger partial charge is 0.494 e. The SMILES string of the molecule is OCCCCCCOc1ccc(OCCCCCCO)cc1. The molecule has 22 heavy (non-hydrogen) atoms. The van der Waals surface area contributed by atoms with Crippen molar-refractivity contribution in [3.63, 3.8) is 0 Å². The van der Waals surface area contributed by atoms with Gasteiger partial charge in [0.15, 0.2) is 0 Å². The van der Waals surface area contributed by atoms with Gasteiger partial charge in [-0.15, -0.1) is 0 Å². The highest BCUT2D eigenvalue weighted by molar-refractivity contribution is 5.31. The molecule has 0 unspecified atom stereocenters. The van der Waals surface area contributed by atoms with Crippen LogP contribution < -0.4 is 9.47 Å². The molecule has 0 spiro atoms. The van der Waals surface area contributed by atoms with Gasteiger partial charge in [0.05, 0.1) is 13.2 Å². The van der Waals surface area contributed by atoms with E-state index in [0.29, 0.717) is 0 Å². The third-order valence-corrected chi connectivity index (χ3v) is 3.47. The monoisotopic (exact) mass is 310 g/mol. The summed E-state index contributed by atoms with van der Waals surface area (Å²) in [6.45, 7) is 2.00. The van der Waals surface area contributed by atoms with E-state index in [-0.39, 0.29) is 13.2 Å². The van der Waals surface area contributed by atoms with Gasteiger partial charge in [-0.1, -0.05) is 12.8 Å². The van der Waals surface area contributed by atoms with Crippen LogP contribution in [-0.2, 0) is 0 Å². The van der Waals surface area contributed by atoms with E-state index in [4.69, 9.17) is 19.7 Å². The topological polar surface area (TPSA) is 58.9 Å². The van der Waals surface area contributed by atoms with E-state index < -0.39 is 0 Å². The summed E-state index contributed by atoms with van der Waals surface area (Å²) in [4.78, 5) is 0. The quantitative estimate of drug-likeness (QED) is 0.516. The minimum Gasteiger partial charge on any atom is -0.494 e. The smallest absolute Gasteiger partial charge is 0.119 e. The maximum Gasteiger partial charge on any atom is 0.119 e. The van der Waals surface area contributed by atoms with Crippen LogP contribution in [0.15, 0.2) is 24.3 Å². The summed E-state index contributed by atoms with van der Waals surface area (Å²) in [6.07, 6.45) is 8.11. The molecule has 0 bridgehead atoms. The summed E-state index contributed by atoms with van der Waals surface area (Å²) >= 11 is 0. The first-order chi connectivity index (χ1) is 10.9. The third kappa shape index (κ3) is 9.64. The molecule has 0 fully saturated rings. The van der Waals surface area contributed by atoms with Gasteiger partial charge in [0.2, 0.25) is 0 Å². The third-order valence-electron chi connectivity index (χ3n) is 3.47. The first-order valence-corrected chi connectivity index (χ1v) is 8.44. The Morgan fingerprint density at radius 3 is 1.27 bits per heavy atom. The van der Waals surface area contributed by atoms with Crippen LogP contribution in [0.4, 0.5) is 0 Å². The van der Waals surface area contributed by atoms with Crippen LogP contribution in [-0.4, -0.2) is 36.6 Å². The highest BCUT2D eigenvalue weighted by Gasteiger charge is 1.97. The fourth-order valence-corrected chi connectivity index (χ4v) is 2.15. The van der Waals surface area contributed by atoms with Crippen molar-refractivity contribution >= 4 is 0 Å². The molecule has 1 rings (SSSR count). The molecule has 0 saturated carbocycles. The lowest BCUT2D eigenvalue weighted by Gasteiger charge is -2.08. The van der Waals surface area contributed by atoms with Crippen LogP contribution in [0.1, 0.15) is 51.4 Å². The van der Waals surface area contributed by atoms with Crippen LogP contribution in [0.5, 0.6) is 11.5 Å². The summed E-state index contributed by atoms with van der Waals surface area (Å²) < 4.78 is 11.3. The van der Waals surface area contributed by atoms with Gasteiger partial charge in [-0.3, -0.25) is 0 Å². The molecule has 0 atom stereocenters. The molecule has 126 valence electrons. The second-order valence-corrected chi connectivity index (χ2v) is 5.44. The average Bonchev–Trinajstić information content (AvgIpc) is 2.55. The van der Waals surface area contributed by atoms with Crippen molar-refractivity contribution < 1.29 is 19.7 Å². The van der Waals surface area contributed by atoms with Crippen LogP contribution in [0, 0.1) is 0 Å². The molecule has 0 aliphatic rings. The first-order valence-electron chi connectivity index (χ1n) is 8.44. The lowest BCUT2D eigenvalue weighted by atomic mass is 10.2. The number of unbranched alkanes of at least 4 members (excludes halogenated alkanes) is 6. The molecular weight excluding hydrogens is 280 g/mol. The standard InChI is InChI=1S/C18H30O4/c19-13-5-1-3-7-15-21-17-9-11-18(12-10-17)22-16-8-4-2-6-14-20/h9-12,19-20H,1-8,13-16H2. The lowest BCUT2D eigenvalue weighted by molar-refractivity contribution is 0.271. The van der Waals surface area contributed by atoms with Gasteiger partial charge in [0.1, 0.15) is 11.5 Å². The average molecular weight is 310 g/mol. The van der Waals surface area contributed by atoms with Crippen molar-refractivity contribution in [3.8, 4) is 11.5 Å². The summed E-state index contributed by atoms with van der Waals surface area (Å²) in [5, 5.41) is 17.4. The Kier molecular flexibility index (Phi) is 11.4. The Bertz CT molecular complexity index is 316. The Balaban J connectivity index is 2.07. The van der Waals surface area contributed by atoms with E-state index in [0.717, 1.165) is 76.1 Å². The number of aliphatic hydroxyl groups excluding tert-OH is 2.